The third-order valence-electron chi connectivity index (χ3n) is 3.85. The van der Waals surface area contributed by atoms with E-state index >= 15 is 0 Å². The van der Waals surface area contributed by atoms with Crippen LogP contribution in [0.15, 0.2) is 24.3 Å². The van der Waals surface area contributed by atoms with Crippen LogP contribution in [0.1, 0.15) is 38.7 Å². The zero-order valence-electron chi connectivity index (χ0n) is 13.0. The zero-order valence-corrected chi connectivity index (χ0v) is 14.6. The molecular formula is C17H22BrNO3. The van der Waals surface area contributed by atoms with Gasteiger partial charge in [0, 0.05) is 12.1 Å². The van der Waals surface area contributed by atoms with Crippen LogP contribution in [0.3, 0.4) is 0 Å². The smallest absolute Gasteiger partial charge is 0.308 e. The van der Waals surface area contributed by atoms with Gasteiger partial charge in [-0.05, 0) is 29.9 Å². The van der Waals surface area contributed by atoms with Gasteiger partial charge in [-0.25, -0.2) is 0 Å². The van der Waals surface area contributed by atoms with Crippen molar-refractivity contribution >= 4 is 33.9 Å². The minimum absolute atomic E-state index is 0.0537. The molecule has 4 nitrogen and oxygen atoms in total. The second-order valence-electron chi connectivity index (χ2n) is 6.48. The minimum Gasteiger partial charge on any atom is -0.441 e. The van der Waals surface area contributed by atoms with Crippen molar-refractivity contribution in [3.8, 4) is 0 Å². The number of hydrogen-bond donors (Lipinski definition) is 1. The van der Waals surface area contributed by atoms with Crippen LogP contribution in [-0.4, -0.2) is 23.3 Å². The summed E-state index contributed by atoms with van der Waals surface area (Å²) in [5.41, 5.74) is 1.87. The van der Waals surface area contributed by atoms with Crippen LogP contribution in [0.25, 0.3) is 0 Å². The van der Waals surface area contributed by atoms with Crippen LogP contribution in [0.4, 0.5) is 5.69 Å². The molecule has 0 amide bonds. The van der Waals surface area contributed by atoms with Gasteiger partial charge >= 0.3 is 5.97 Å². The van der Waals surface area contributed by atoms with Crippen molar-refractivity contribution in [2.24, 2.45) is 5.41 Å². The highest BCUT2D eigenvalue weighted by molar-refractivity contribution is 9.09. The van der Waals surface area contributed by atoms with Crippen LogP contribution in [0.5, 0.6) is 0 Å². The van der Waals surface area contributed by atoms with E-state index < -0.39 is 6.23 Å². The first-order chi connectivity index (χ1) is 10.4. The number of fused-ring (bicyclic) bond motifs is 1. The van der Waals surface area contributed by atoms with Crippen molar-refractivity contribution in [1.82, 2.24) is 0 Å². The molecule has 120 valence electrons. The monoisotopic (exact) mass is 367 g/mol. The summed E-state index contributed by atoms with van der Waals surface area (Å²) < 4.78 is 5.61. The Morgan fingerprint density at radius 1 is 1.45 bits per heavy atom. The maximum atomic E-state index is 12.2. The number of anilines is 1. The van der Waals surface area contributed by atoms with Crippen molar-refractivity contribution in [2.45, 2.75) is 50.6 Å². The van der Waals surface area contributed by atoms with Gasteiger partial charge in [0.2, 0.25) is 0 Å². The zero-order chi connectivity index (χ0) is 16.2. The number of aryl methyl sites for hydroxylation is 1. The number of carbonyl (C=O) groups is 2. The van der Waals surface area contributed by atoms with E-state index in [1.165, 1.54) is 5.56 Å². The fraction of sp³-hybridized carbons (Fsp3) is 0.529. The summed E-state index contributed by atoms with van der Waals surface area (Å²) in [6, 6.07) is 8.06. The summed E-state index contributed by atoms with van der Waals surface area (Å²) >= 11 is 3.61. The molecule has 22 heavy (non-hydrogen) atoms. The summed E-state index contributed by atoms with van der Waals surface area (Å²) in [5.74, 6) is -0.284. The Labute approximate surface area is 139 Å². The molecule has 1 N–H and O–H groups in total. The van der Waals surface area contributed by atoms with Crippen molar-refractivity contribution in [2.75, 3.05) is 5.32 Å². The third kappa shape index (κ3) is 4.57. The summed E-state index contributed by atoms with van der Waals surface area (Å²) in [5, 5.41) is 3.30. The molecule has 0 radical (unpaired) electrons. The number of hydrogen-bond acceptors (Lipinski definition) is 4. The first kappa shape index (κ1) is 17.0. The molecule has 1 aromatic rings. The summed E-state index contributed by atoms with van der Waals surface area (Å²) in [6.45, 7) is 3.79. The maximum absolute atomic E-state index is 12.2. The standard InChI is InChI=1S/C17H22BrNO3/c1-17(2,9-10-20)11-15(21)22-16-13(18)8-7-12-5-3-4-6-14(12)19-16/h3-6,10,13,16,19H,7-9,11H2,1-2H3. The molecule has 5 heteroatoms. The van der Waals surface area contributed by atoms with Gasteiger partial charge in [-0.1, -0.05) is 48.0 Å². The highest BCUT2D eigenvalue weighted by atomic mass is 79.9. The predicted molar refractivity (Wildman–Crippen MR) is 90.1 cm³/mol. The van der Waals surface area contributed by atoms with Gasteiger partial charge in [0.15, 0.2) is 6.23 Å². The second kappa shape index (κ2) is 7.27. The number of para-hydroxylation sites is 1. The van der Waals surface area contributed by atoms with Gasteiger partial charge in [-0.3, -0.25) is 4.79 Å². The molecule has 0 spiro atoms. The number of benzene rings is 1. The van der Waals surface area contributed by atoms with E-state index in [4.69, 9.17) is 4.74 Å². The van der Waals surface area contributed by atoms with Crippen molar-refractivity contribution in [3.05, 3.63) is 29.8 Å². The largest absolute Gasteiger partial charge is 0.441 e. The number of halogens is 1. The summed E-state index contributed by atoms with van der Waals surface area (Å²) in [4.78, 5) is 22.9. The summed E-state index contributed by atoms with van der Waals surface area (Å²) in [6.07, 6.45) is 2.85. The number of alkyl halides is 1. The number of esters is 1. The van der Waals surface area contributed by atoms with Crippen molar-refractivity contribution in [1.29, 1.82) is 0 Å². The average molecular weight is 368 g/mol. The van der Waals surface area contributed by atoms with E-state index in [2.05, 4.69) is 27.3 Å². The van der Waals surface area contributed by atoms with Crippen LogP contribution in [0.2, 0.25) is 0 Å². The molecule has 0 saturated heterocycles. The fourth-order valence-electron chi connectivity index (χ4n) is 2.54. The normalized spacial score (nSPS) is 21.2. The molecule has 0 saturated carbocycles. The Bertz CT molecular complexity index is 544. The van der Waals surface area contributed by atoms with E-state index in [0.29, 0.717) is 6.42 Å². The molecule has 1 aromatic carbocycles. The Morgan fingerprint density at radius 3 is 2.91 bits per heavy atom. The molecule has 1 heterocycles. The molecule has 1 aliphatic rings. The van der Waals surface area contributed by atoms with Crippen molar-refractivity contribution in [3.63, 3.8) is 0 Å². The molecule has 1 aliphatic heterocycles. The van der Waals surface area contributed by atoms with Crippen LogP contribution >= 0.6 is 15.9 Å². The number of ether oxygens (including phenoxy) is 1. The first-order valence-electron chi connectivity index (χ1n) is 7.53. The van der Waals surface area contributed by atoms with Crippen molar-refractivity contribution < 1.29 is 14.3 Å². The highest BCUT2D eigenvalue weighted by Gasteiger charge is 2.29. The van der Waals surface area contributed by atoms with E-state index in [0.717, 1.165) is 24.8 Å². The van der Waals surface area contributed by atoms with Crippen LogP contribution < -0.4 is 5.32 Å². The highest BCUT2D eigenvalue weighted by Crippen LogP contribution is 2.29. The number of nitrogens with one attached hydrogen (secondary N) is 1. The molecular weight excluding hydrogens is 346 g/mol. The molecule has 0 fully saturated rings. The number of rotatable bonds is 5. The lowest BCUT2D eigenvalue weighted by molar-refractivity contribution is -0.150. The quantitative estimate of drug-likeness (QED) is 0.489. The first-order valence-corrected chi connectivity index (χ1v) is 8.44. The SMILES string of the molecule is CC(C)(CC=O)CC(=O)OC1Nc2ccccc2CCC1Br. The lowest BCUT2D eigenvalue weighted by atomic mass is 9.86. The molecule has 0 aromatic heterocycles. The van der Waals surface area contributed by atoms with Gasteiger partial charge in [-0.15, -0.1) is 0 Å². The lowest BCUT2D eigenvalue weighted by Crippen LogP contribution is -2.35. The Balaban J connectivity index is 2.02. The number of aldehydes is 1. The minimum atomic E-state index is -0.400. The Morgan fingerprint density at radius 2 is 2.18 bits per heavy atom. The predicted octanol–water partition coefficient (Wildman–Crippen LogP) is 3.68. The lowest BCUT2D eigenvalue weighted by Gasteiger charge is -2.26. The fourth-order valence-corrected chi connectivity index (χ4v) is 3.01. The van der Waals surface area contributed by atoms with Crippen LogP contribution in [-0.2, 0) is 20.7 Å². The Kier molecular flexibility index (Phi) is 5.62. The molecule has 2 unspecified atom stereocenters. The third-order valence-corrected chi connectivity index (χ3v) is 4.79. The van der Waals surface area contributed by atoms with Gasteiger partial charge in [0.1, 0.15) is 6.29 Å². The molecule has 2 rings (SSSR count). The topological polar surface area (TPSA) is 55.4 Å². The van der Waals surface area contributed by atoms with E-state index in [1.54, 1.807) is 0 Å². The van der Waals surface area contributed by atoms with Gasteiger partial charge < -0.3 is 14.8 Å². The number of carbonyl (C=O) groups excluding carboxylic acids is 2. The maximum Gasteiger partial charge on any atom is 0.308 e. The molecule has 0 bridgehead atoms. The van der Waals surface area contributed by atoms with E-state index in [9.17, 15) is 9.59 Å². The van der Waals surface area contributed by atoms with Gasteiger partial charge in [0.25, 0.3) is 0 Å². The Hall–Kier alpha value is -1.36. The molecule has 2 atom stereocenters. The van der Waals surface area contributed by atoms with E-state index in [-0.39, 0.29) is 22.6 Å². The van der Waals surface area contributed by atoms with Gasteiger partial charge in [0.05, 0.1) is 11.2 Å². The summed E-state index contributed by atoms with van der Waals surface area (Å²) in [7, 11) is 0. The second-order valence-corrected chi connectivity index (χ2v) is 7.65. The van der Waals surface area contributed by atoms with E-state index in [1.807, 2.05) is 32.0 Å². The average Bonchev–Trinajstić information content (AvgIpc) is 2.58. The van der Waals surface area contributed by atoms with Gasteiger partial charge in [-0.2, -0.15) is 0 Å². The molecule has 0 aliphatic carbocycles. The van der Waals surface area contributed by atoms with Crippen LogP contribution in [0, 0.1) is 5.41 Å².